The molecular weight excluding hydrogens is 176 g/mol. The topological polar surface area (TPSA) is 55.7 Å². The average Bonchev–Trinajstić information content (AvgIpc) is 2.35. The number of hydrogen-bond donors (Lipinski definition) is 1. The highest BCUT2D eigenvalue weighted by atomic mass is 32.1. The van der Waals surface area contributed by atoms with E-state index >= 15 is 0 Å². The first-order valence-corrected chi connectivity index (χ1v) is 4.24. The second-order valence-corrected chi connectivity index (χ2v) is 3.30. The zero-order valence-corrected chi connectivity index (χ0v) is 7.54. The van der Waals surface area contributed by atoms with Gasteiger partial charge < -0.3 is 4.74 Å². The van der Waals surface area contributed by atoms with Crippen molar-refractivity contribution in [3.63, 3.8) is 0 Å². The van der Waals surface area contributed by atoms with Crippen LogP contribution in [0.2, 0.25) is 0 Å². The molecule has 0 bridgehead atoms. The molecule has 1 aromatic rings. The Morgan fingerprint density at radius 3 is 2.92 bits per heavy atom. The quantitative estimate of drug-likeness (QED) is 0.690. The zero-order valence-electron chi connectivity index (χ0n) is 6.73. The lowest BCUT2D eigenvalue weighted by atomic mass is 9.89. The third-order valence-corrected chi connectivity index (χ3v) is 2.54. The van der Waals surface area contributed by atoms with Crippen LogP contribution in [0.15, 0.2) is 0 Å². The highest BCUT2D eigenvalue weighted by Gasteiger charge is 2.31. The van der Waals surface area contributed by atoms with Gasteiger partial charge in [0.15, 0.2) is 0 Å². The van der Waals surface area contributed by atoms with Crippen molar-refractivity contribution < 1.29 is 4.74 Å². The van der Waals surface area contributed by atoms with Crippen LogP contribution in [-0.2, 0) is 4.74 Å². The Labute approximate surface area is 74.7 Å². The number of tetrazole rings is 1. The minimum absolute atomic E-state index is 0.375. The number of hydrogen-bond acceptors (Lipinski definition) is 4. The van der Waals surface area contributed by atoms with Crippen LogP contribution in [0.4, 0.5) is 0 Å². The van der Waals surface area contributed by atoms with E-state index < -0.39 is 0 Å². The maximum absolute atomic E-state index is 5.15. The van der Waals surface area contributed by atoms with Crippen molar-refractivity contribution in [3.05, 3.63) is 4.77 Å². The van der Waals surface area contributed by atoms with Gasteiger partial charge in [0.05, 0.1) is 12.1 Å². The first-order valence-electron chi connectivity index (χ1n) is 3.83. The molecule has 0 aromatic carbocycles. The molecule has 6 heteroatoms. The molecule has 1 heterocycles. The summed E-state index contributed by atoms with van der Waals surface area (Å²) in [5.41, 5.74) is 0. The Balaban J connectivity index is 2.06. The molecule has 0 amide bonds. The third kappa shape index (κ3) is 1.16. The molecule has 0 saturated heterocycles. The molecule has 1 aromatic heterocycles. The van der Waals surface area contributed by atoms with Gasteiger partial charge in [-0.25, -0.2) is 4.68 Å². The smallest absolute Gasteiger partial charge is 0.238 e. The van der Waals surface area contributed by atoms with Crippen LogP contribution in [0.5, 0.6) is 0 Å². The fourth-order valence-electron chi connectivity index (χ4n) is 1.38. The largest absolute Gasteiger partial charge is 0.381 e. The zero-order chi connectivity index (χ0) is 8.55. The molecule has 1 fully saturated rings. The summed E-state index contributed by atoms with van der Waals surface area (Å²) in [6.45, 7) is 0. The number of rotatable bonds is 2. The van der Waals surface area contributed by atoms with Crippen molar-refractivity contribution in [1.82, 2.24) is 20.2 Å². The van der Waals surface area contributed by atoms with Gasteiger partial charge in [0.2, 0.25) is 4.77 Å². The lowest BCUT2D eigenvalue weighted by Crippen LogP contribution is -2.33. The van der Waals surface area contributed by atoms with Gasteiger partial charge in [-0.3, -0.25) is 0 Å². The molecule has 2 rings (SSSR count). The Morgan fingerprint density at radius 1 is 1.67 bits per heavy atom. The van der Waals surface area contributed by atoms with E-state index in [1.54, 1.807) is 7.11 Å². The number of nitrogens with zero attached hydrogens (tertiary/aromatic N) is 3. The van der Waals surface area contributed by atoms with Crippen LogP contribution >= 0.6 is 12.2 Å². The Bertz CT molecular complexity index is 313. The molecule has 0 unspecified atom stereocenters. The van der Waals surface area contributed by atoms with Gasteiger partial charge in [0.1, 0.15) is 0 Å². The molecule has 66 valence electrons. The van der Waals surface area contributed by atoms with Gasteiger partial charge in [-0.15, -0.1) is 0 Å². The summed E-state index contributed by atoms with van der Waals surface area (Å²) in [4.78, 5) is 0. The van der Waals surface area contributed by atoms with Gasteiger partial charge in [0, 0.05) is 7.11 Å². The van der Waals surface area contributed by atoms with E-state index in [9.17, 15) is 0 Å². The first-order chi connectivity index (χ1) is 5.81. The summed E-state index contributed by atoms with van der Waals surface area (Å²) in [5.74, 6) is 0. The second kappa shape index (κ2) is 2.95. The van der Waals surface area contributed by atoms with Crippen LogP contribution in [-0.4, -0.2) is 33.4 Å². The molecule has 0 aliphatic heterocycles. The van der Waals surface area contributed by atoms with Crippen LogP contribution < -0.4 is 0 Å². The summed E-state index contributed by atoms with van der Waals surface area (Å²) >= 11 is 4.95. The predicted molar refractivity (Wildman–Crippen MR) is 44.3 cm³/mol. The maximum Gasteiger partial charge on any atom is 0.238 e. The number of aromatic amines is 1. The summed E-state index contributed by atoms with van der Waals surface area (Å²) in [6, 6.07) is 0.400. The first kappa shape index (κ1) is 7.88. The summed E-state index contributed by atoms with van der Waals surface area (Å²) < 4.78 is 7.49. The van der Waals surface area contributed by atoms with E-state index in [1.165, 1.54) is 0 Å². The maximum atomic E-state index is 5.15. The molecule has 1 N–H and O–H groups in total. The van der Waals surface area contributed by atoms with Gasteiger partial charge in [0.25, 0.3) is 0 Å². The Kier molecular flexibility index (Phi) is 1.93. The van der Waals surface area contributed by atoms with Crippen LogP contribution in [0.1, 0.15) is 18.9 Å². The van der Waals surface area contributed by atoms with Crippen molar-refractivity contribution in [3.8, 4) is 0 Å². The standard InChI is InChI=1S/C6H10N4OS/c1-11-5-2-4(3-5)10-6(12)7-8-9-10/h4-5H,2-3H2,1H3,(H,7,9,12). The monoisotopic (exact) mass is 186 g/mol. The summed E-state index contributed by atoms with van der Waals surface area (Å²) in [7, 11) is 1.73. The van der Waals surface area contributed by atoms with E-state index in [0.29, 0.717) is 16.9 Å². The summed E-state index contributed by atoms with van der Waals surface area (Å²) in [6.07, 6.45) is 2.36. The lowest BCUT2D eigenvalue weighted by molar-refractivity contribution is 0.00149. The van der Waals surface area contributed by atoms with Crippen molar-refractivity contribution in [2.24, 2.45) is 0 Å². The molecule has 1 aliphatic rings. The van der Waals surface area contributed by atoms with E-state index in [0.717, 1.165) is 12.8 Å². The Morgan fingerprint density at radius 2 is 2.42 bits per heavy atom. The van der Waals surface area contributed by atoms with Crippen molar-refractivity contribution >= 4 is 12.2 Å². The van der Waals surface area contributed by atoms with Crippen molar-refractivity contribution in [2.75, 3.05) is 7.11 Å². The van der Waals surface area contributed by atoms with Gasteiger partial charge >= 0.3 is 0 Å². The van der Waals surface area contributed by atoms with Crippen molar-refractivity contribution in [2.45, 2.75) is 25.0 Å². The molecule has 5 nitrogen and oxygen atoms in total. The van der Waals surface area contributed by atoms with E-state index in [4.69, 9.17) is 17.0 Å². The van der Waals surface area contributed by atoms with Gasteiger partial charge in [-0.2, -0.15) is 5.21 Å². The fourth-order valence-corrected chi connectivity index (χ4v) is 1.61. The summed E-state index contributed by atoms with van der Waals surface area (Å²) in [5, 5.41) is 10.1. The number of aromatic nitrogens is 4. The van der Waals surface area contributed by atoms with Crippen LogP contribution in [0.3, 0.4) is 0 Å². The lowest BCUT2D eigenvalue weighted by Gasteiger charge is -2.33. The molecule has 12 heavy (non-hydrogen) atoms. The fraction of sp³-hybridized carbons (Fsp3) is 0.833. The third-order valence-electron chi connectivity index (χ3n) is 2.26. The highest BCUT2D eigenvalue weighted by molar-refractivity contribution is 7.71. The molecule has 1 aliphatic carbocycles. The van der Waals surface area contributed by atoms with E-state index in [-0.39, 0.29) is 0 Å². The van der Waals surface area contributed by atoms with E-state index in [2.05, 4.69) is 15.5 Å². The van der Waals surface area contributed by atoms with E-state index in [1.807, 2.05) is 4.68 Å². The normalized spacial score (nSPS) is 28.4. The van der Waals surface area contributed by atoms with Gasteiger partial charge in [-0.1, -0.05) is 10.3 Å². The van der Waals surface area contributed by atoms with Crippen LogP contribution in [0, 0.1) is 4.77 Å². The molecule has 0 spiro atoms. The molecule has 0 atom stereocenters. The minimum Gasteiger partial charge on any atom is -0.381 e. The predicted octanol–water partition coefficient (Wildman–Crippen LogP) is 0.686. The minimum atomic E-state index is 0.375. The molecular formula is C6H10N4OS. The number of nitrogens with one attached hydrogen (secondary N) is 1. The number of methoxy groups -OCH3 is 1. The Hall–Kier alpha value is -0.750. The SMILES string of the molecule is COC1CC(n2[nH]nnc2=S)C1. The average molecular weight is 186 g/mol. The highest BCUT2D eigenvalue weighted by Crippen LogP contribution is 2.32. The number of ether oxygens (including phenoxy) is 1. The molecule has 1 saturated carbocycles. The molecule has 0 radical (unpaired) electrons. The second-order valence-electron chi connectivity index (χ2n) is 2.94. The van der Waals surface area contributed by atoms with Crippen LogP contribution in [0.25, 0.3) is 0 Å². The van der Waals surface area contributed by atoms with Crippen molar-refractivity contribution in [1.29, 1.82) is 0 Å². The number of H-pyrrole nitrogens is 1. The van der Waals surface area contributed by atoms with Gasteiger partial charge in [-0.05, 0) is 25.1 Å².